The lowest BCUT2D eigenvalue weighted by Gasteiger charge is -2.10. The molecule has 1 aromatic rings. The molecule has 0 saturated heterocycles. The topological polar surface area (TPSA) is 117 Å². The van der Waals surface area contributed by atoms with Crippen molar-refractivity contribution in [2.75, 3.05) is 6.61 Å². The Labute approximate surface area is 98.2 Å². The lowest BCUT2D eigenvalue weighted by Crippen LogP contribution is -2.35. The summed E-state index contributed by atoms with van der Waals surface area (Å²) in [5, 5.41) is 17.1. The van der Waals surface area contributed by atoms with Gasteiger partial charge in [0.05, 0.1) is 12.2 Å². The summed E-state index contributed by atoms with van der Waals surface area (Å²) in [7, 11) is -3.83. The second-order valence-electron chi connectivity index (χ2n) is 3.40. The van der Waals surface area contributed by atoms with Crippen molar-refractivity contribution in [1.82, 2.24) is 9.71 Å². The predicted octanol–water partition coefficient (Wildman–Crippen LogP) is -0.561. The Balaban J connectivity index is 2.96. The third-order valence-corrected chi connectivity index (χ3v) is 3.39. The number of aliphatic hydroxyl groups is 1. The number of rotatable bonds is 5. The molecule has 0 aliphatic carbocycles. The minimum absolute atomic E-state index is 0.0980. The number of hydrogen-bond donors (Lipinski definition) is 3. The van der Waals surface area contributed by atoms with Crippen molar-refractivity contribution in [3.63, 3.8) is 0 Å². The maximum absolute atomic E-state index is 11.7. The van der Waals surface area contributed by atoms with Crippen LogP contribution in [0.2, 0.25) is 0 Å². The lowest BCUT2D eigenvalue weighted by atomic mass is 10.3. The summed E-state index contributed by atoms with van der Waals surface area (Å²) in [6.45, 7) is 1.15. The van der Waals surface area contributed by atoms with E-state index in [1.807, 2.05) is 0 Å². The number of aromatic nitrogens is 1. The molecular formula is C9H12N2O5S. The zero-order valence-electron chi connectivity index (χ0n) is 8.99. The van der Waals surface area contributed by atoms with E-state index >= 15 is 0 Å². The molecule has 1 aromatic heterocycles. The van der Waals surface area contributed by atoms with E-state index in [2.05, 4.69) is 9.71 Å². The summed E-state index contributed by atoms with van der Waals surface area (Å²) < 4.78 is 25.5. The van der Waals surface area contributed by atoms with Crippen molar-refractivity contribution < 1.29 is 23.4 Å². The smallest absolute Gasteiger partial charge is 0.337 e. The van der Waals surface area contributed by atoms with E-state index in [9.17, 15) is 13.2 Å². The van der Waals surface area contributed by atoms with Crippen molar-refractivity contribution in [2.45, 2.75) is 18.0 Å². The molecule has 0 aromatic carbocycles. The molecule has 0 aliphatic rings. The number of pyridine rings is 1. The van der Waals surface area contributed by atoms with Crippen LogP contribution in [0.3, 0.4) is 0 Å². The molecule has 1 heterocycles. The van der Waals surface area contributed by atoms with E-state index in [-0.39, 0.29) is 17.2 Å². The highest BCUT2D eigenvalue weighted by Crippen LogP contribution is 2.07. The van der Waals surface area contributed by atoms with E-state index in [0.29, 0.717) is 0 Å². The molecule has 3 N–H and O–H groups in total. The molecule has 1 unspecified atom stereocenters. The molecule has 1 rings (SSSR count). The highest BCUT2D eigenvalue weighted by molar-refractivity contribution is 7.89. The van der Waals surface area contributed by atoms with Gasteiger partial charge in [-0.1, -0.05) is 0 Å². The molecule has 8 heteroatoms. The Kier molecular flexibility index (Phi) is 4.16. The predicted molar refractivity (Wildman–Crippen MR) is 58.1 cm³/mol. The van der Waals surface area contributed by atoms with Crippen LogP contribution in [-0.4, -0.2) is 42.2 Å². The Morgan fingerprint density at radius 3 is 2.59 bits per heavy atom. The summed E-state index contributed by atoms with van der Waals surface area (Å²) in [5.41, 5.74) is -0.0980. The number of hydrogen-bond acceptors (Lipinski definition) is 5. The van der Waals surface area contributed by atoms with Gasteiger partial charge < -0.3 is 10.2 Å². The van der Waals surface area contributed by atoms with Gasteiger partial charge in [0.2, 0.25) is 0 Å². The first-order chi connectivity index (χ1) is 7.86. The van der Waals surface area contributed by atoms with Gasteiger partial charge in [0.15, 0.2) is 5.03 Å². The van der Waals surface area contributed by atoms with Gasteiger partial charge >= 0.3 is 5.97 Å². The van der Waals surface area contributed by atoms with Crippen molar-refractivity contribution in [1.29, 1.82) is 0 Å². The van der Waals surface area contributed by atoms with Crippen molar-refractivity contribution in [3.8, 4) is 0 Å². The standard InChI is InChI=1S/C9H12N2O5S/c1-6(5-12)11-17(15,16)8-3-2-7(4-10-8)9(13)14/h2-4,6,11-12H,5H2,1H3,(H,13,14). The fourth-order valence-corrected chi connectivity index (χ4v) is 2.19. The van der Waals surface area contributed by atoms with Crippen LogP contribution in [0.1, 0.15) is 17.3 Å². The summed E-state index contributed by atoms with van der Waals surface area (Å²) in [6, 6.07) is 1.60. The van der Waals surface area contributed by atoms with E-state index in [4.69, 9.17) is 10.2 Å². The minimum Gasteiger partial charge on any atom is -0.478 e. The first kappa shape index (κ1) is 13.6. The van der Waals surface area contributed by atoms with Gasteiger partial charge in [-0.2, -0.15) is 0 Å². The Morgan fingerprint density at radius 1 is 1.53 bits per heavy atom. The van der Waals surface area contributed by atoms with E-state index in [1.165, 1.54) is 6.92 Å². The highest BCUT2D eigenvalue weighted by atomic mass is 32.2. The Bertz CT molecular complexity index is 497. The summed E-state index contributed by atoms with van der Waals surface area (Å²) in [6.07, 6.45) is 0.959. The molecule has 0 spiro atoms. The number of carboxylic acid groups (broad SMARTS) is 1. The molecular weight excluding hydrogens is 248 g/mol. The number of nitrogens with one attached hydrogen (secondary N) is 1. The fourth-order valence-electron chi connectivity index (χ4n) is 1.03. The van der Waals surface area contributed by atoms with Gasteiger partial charge in [-0.05, 0) is 19.1 Å². The molecule has 7 nitrogen and oxygen atoms in total. The molecule has 0 radical (unpaired) electrons. The second kappa shape index (κ2) is 5.21. The maximum atomic E-state index is 11.7. The largest absolute Gasteiger partial charge is 0.478 e. The van der Waals surface area contributed by atoms with E-state index in [1.54, 1.807) is 0 Å². The van der Waals surface area contributed by atoms with E-state index < -0.39 is 22.0 Å². The molecule has 0 fully saturated rings. The molecule has 0 saturated carbocycles. The first-order valence-electron chi connectivity index (χ1n) is 4.69. The van der Waals surface area contributed by atoms with Gasteiger partial charge in [0.25, 0.3) is 10.0 Å². The van der Waals surface area contributed by atoms with Crippen LogP contribution in [0.4, 0.5) is 0 Å². The summed E-state index contributed by atoms with van der Waals surface area (Å²) in [4.78, 5) is 14.1. The van der Waals surface area contributed by atoms with Crippen LogP contribution >= 0.6 is 0 Å². The average molecular weight is 260 g/mol. The van der Waals surface area contributed by atoms with Crippen LogP contribution in [0.5, 0.6) is 0 Å². The zero-order chi connectivity index (χ0) is 13.1. The van der Waals surface area contributed by atoms with Crippen LogP contribution in [0, 0.1) is 0 Å². The van der Waals surface area contributed by atoms with Crippen LogP contribution in [0.15, 0.2) is 23.4 Å². The maximum Gasteiger partial charge on any atom is 0.337 e. The average Bonchev–Trinajstić information content (AvgIpc) is 2.28. The van der Waals surface area contributed by atoms with Gasteiger partial charge in [-0.25, -0.2) is 22.9 Å². The number of nitrogens with zero attached hydrogens (tertiary/aromatic N) is 1. The molecule has 0 aliphatic heterocycles. The molecule has 17 heavy (non-hydrogen) atoms. The van der Waals surface area contributed by atoms with Crippen molar-refractivity contribution >= 4 is 16.0 Å². The minimum atomic E-state index is -3.83. The third-order valence-electron chi connectivity index (χ3n) is 1.89. The van der Waals surface area contributed by atoms with Crippen LogP contribution in [0.25, 0.3) is 0 Å². The number of carbonyl (C=O) groups is 1. The van der Waals surface area contributed by atoms with Gasteiger partial charge in [0.1, 0.15) is 0 Å². The number of sulfonamides is 1. The van der Waals surface area contributed by atoms with Crippen molar-refractivity contribution in [3.05, 3.63) is 23.9 Å². The zero-order valence-corrected chi connectivity index (χ0v) is 9.81. The molecule has 1 atom stereocenters. The number of aliphatic hydroxyl groups excluding tert-OH is 1. The summed E-state index contributed by atoms with van der Waals surface area (Å²) >= 11 is 0. The fraction of sp³-hybridized carbons (Fsp3) is 0.333. The van der Waals surface area contributed by atoms with Gasteiger partial charge in [-0.15, -0.1) is 0 Å². The quantitative estimate of drug-likeness (QED) is 0.653. The van der Waals surface area contributed by atoms with Gasteiger partial charge in [-0.3, -0.25) is 0 Å². The normalized spacial score (nSPS) is 13.3. The molecule has 0 amide bonds. The third kappa shape index (κ3) is 3.48. The molecule has 94 valence electrons. The lowest BCUT2D eigenvalue weighted by molar-refractivity contribution is 0.0696. The SMILES string of the molecule is CC(CO)NS(=O)(=O)c1ccc(C(=O)O)cn1. The summed E-state index contributed by atoms with van der Waals surface area (Å²) in [5.74, 6) is -1.18. The van der Waals surface area contributed by atoms with E-state index in [0.717, 1.165) is 18.3 Å². The number of carboxylic acids is 1. The second-order valence-corrected chi connectivity index (χ2v) is 5.06. The Hall–Kier alpha value is -1.51. The molecule has 0 bridgehead atoms. The highest BCUT2D eigenvalue weighted by Gasteiger charge is 2.18. The van der Waals surface area contributed by atoms with Crippen molar-refractivity contribution in [2.24, 2.45) is 0 Å². The van der Waals surface area contributed by atoms with Crippen LogP contribution in [-0.2, 0) is 10.0 Å². The van der Waals surface area contributed by atoms with Crippen LogP contribution < -0.4 is 4.72 Å². The number of aromatic carboxylic acids is 1. The Morgan fingerprint density at radius 2 is 2.18 bits per heavy atom. The van der Waals surface area contributed by atoms with Gasteiger partial charge in [0, 0.05) is 12.2 Å². The first-order valence-corrected chi connectivity index (χ1v) is 6.17. The monoisotopic (exact) mass is 260 g/mol.